The van der Waals surface area contributed by atoms with Gasteiger partial charge in [0, 0.05) is 18.7 Å². The molecule has 8 heteroatoms. The van der Waals surface area contributed by atoms with Crippen LogP contribution in [-0.2, 0) is 14.4 Å². The summed E-state index contributed by atoms with van der Waals surface area (Å²) in [6.45, 7) is 2.38. The summed E-state index contributed by atoms with van der Waals surface area (Å²) in [5.41, 5.74) is 6.96. The van der Waals surface area contributed by atoms with Crippen LogP contribution in [0.3, 0.4) is 0 Å². The molecule has 7 nitrogen and oxygen atoms in total. The van der Waals surface area contributed by atoms with Crippen molar-refractivity contribution < 1.29 is 14.4 Å². The molecule has 1 aliphatic heterocycles. The Morgan fingerprint density at radius 3 is 2.46 bits per heavy atom. The zero-order valence-electron chi connectivity index (χ0n) is 13.6. The Balaban J connectivity index is 0.00000288. The second kappa shape index (κ2) is 9.24. The van der Waals surface area contributed by atoms with Crippen LogP contribution in [0.5, 0.6) is 0 Å². The van der Waals surface area contributed by atoms with Crippen molar-refractivity contribution in [3.05, 3.63) is 29.8 Å². The number of carbonyl (C=O) groups is 3. The number of halogens is 1. The molecule has 24 heavy (non-hydrogen) atoms. The molecule has 3 amide bonds. The minimum absolute atomic E-state index is 0. The molecule has 132 valence electrons. The van der Waals surface area contributed by atoms with E-state index >= 15 is 0 Å². The molecule has 0 radical (unpaired) electrons. The summed E-state index contributed by atoms with van der Waals surface area (Å²) >= 11 is 0. The van der Waals surface area contributed by atoms with E-state index in [0.29, 0.717) is 6.42 Å². The van der Waals surface area contributed by atoms with E-state index in [4.69, 9.17) is 5.73 Å². The number of nitrogens with zero attached hydrogens (tertiary/aromatic N) is 1. The number of nitrogens with two attached hydrogens (primary N) is 1. The molecule has 1 aromatic rings. The van der Waals surface area contributed by atoms with E-state index in [1.807, 2.05) is 31.2 Å². The lowest BCUT2D eigenvalue weighted by atomic mass is 10.1. The van der Waals surface area contributed by atoms with Gasteiger partial charge in [-0.1, -0.05) is 12.1 Å². The van der Waals surface area contributed by atoms with Gasteiger partial charge in [0.2, 0.25) is 17.7 Å². The van der Waals surface area contributed by atoms with Gasteiger partial charge in [-0.3, -0.25) is 14.4 Å². The van der Waals surface area contributed by atoms with Crippen molar-refractivity contribution in [1.29, 1.82) is 0 Å². The van der Waals surface area contributed by atoms with Crippen LogP contribution in [0.4, 0.5) is 5.69 Å². The van der Waals surface area contributed by atoms with E-state index in [0.717, 1.165) is 24.2 Å². The molecule has 0 aliphatic carbocycles. The van der Waals surface area contributed by atoms with Crippen LogP contribution in [0.25, 0.3) is 0 Å². The third-order valence-corrected chi connectivity index (χ3v) is 3.79. The summed E-state index contributed by atoms with van der Waals surface area (Å²) in [4.78, 5) is 36.2. The molecule has 1 saturated heterocycles. The number of benzene rings is 1. The van der Waals surface area contributed by atoms with Gasteiger partial charge in [-0.15, -0.1) is 12.4 Å². The average Bonchev–Trinajstić information content (AvgIpc) is 2.98. The highest BCUT2D eigenvalue weighted by atomic mass is 35.5. The highest BCUT2D eigenvalue weighted by molar-refractivity contribution is 5.95. The predicted octanol–water partition coefficient (Wildman–Crippen LogP) is 0.487. The lowest BCUT2D eigenvalue weighted by molar-refractivity contribution is -0.125. The quantitative estimate of drug-likeness (QED) is 0.691. The van der Waals surface area contributed by atoms with Gasteiger partial charge < -0.3 is 21.3 Å². The van der Waals surface area contributed by atoms with Crippen molar-refractivity contribution in [2.75, 3.05) is 24.5 Å². The largest absolute Gasteiger partial charge is 0.348 e. The van der Waals surface area contributed by atoms with Crippen molar-refractivity contribution in [3.63, 3.8) is 0 Å². The zero-order valence-corrected chi connectivity index (χ0v) is 14.4. The topological polar surface area (TPSA) is 105 Å². The molecule has 2 rings (SSSR count). The Hall–Kier alpha value is -2.12. The van der Waals surface area contributed by atoms with Crippen molar-refractivity contribution in [2.24, 2.45) is 5.73 Å². The fourth-order valence-electron chi connectivity index (χ4n) is 2.49. The molecule has 0 saturated carbocycles. The Kier molecular flexibility index (Phi) is 7.67. The number of carbonyl (C=O) groups excluding carboxylic acids is 3. The molecule has 1 aliphatic rings. The SMILES string of the molecule is CC(NC(=O)CNC(=O)CN)c1ccc(N2CCCC2=O)cc1.Cl. The van der Waals surface area contributed by atoms with Gasteiger partial charge in [0.05, 0.1) is 19.1 Å². The van der Waals surface area contributed by atoms with Crippen LogP contribution in [-0.4, -0.2) is 37.4 Å². The zero-order chi connectivity index (χ0) is 16.8. The van der Waals surface area contributed by atoms with Gasteiger partial charge in [0.15, 0.2) is 0 Å². The minimum Gasteiger partial charge on any atom is -0.348 e. The summed E-state index contributed by atoms with van der Waals surface area (Å²) in [5.74, 6) is -0.500. The number of nitrogens with one attached hydrogen (secondary N) is 2. The van der Waals surface area contributed by atoms with E-state index in [9.17, 15) is 14.4 Å². The number of rotatable bonds is 6. The monoisotopic (exact) mass is 354 g/mol. The Morgan fingerprint density at radius 1 is 1.25 bits per heavy atom. The number of amides is 3. The summed E-state index contributed by atoms with van der Waals surface area (Å²) in [6, 6.07) is 7.37. The van der Waals surface area contributed by atoms with Gasteiger partial charge in [-0.2, -0.15) is 0 Å². The first-order valence-corrected chi connectivity index (χ1v) is 7.67. The fourth-order valence-corrected chi connectivity index (χ4v) is 2.49. The lowest BCUT2D eigenvalue weighted by Gasteiger charge is -2.18. The first-order chi connectivity index (χ1) is 11.0. The van der Waals surface area contributed by atoms with Crippen LogP contribution in [0, 0.1) is 0 Å². The third-order valence-electron chi connectivity index (χ3n) is 3.79. The maximum absolute atomic E-state index is 11.7. The van der Waals surface area contributed by atoms with Gasteiger partial charge >= 0.3 is 0 Å². The average molecular weight is 355 g/mol. The van der Waals surface area contributed by atoms with Crippen LogP contribution >= 0.6 is 12.4 Å². The molecule has 0 aromatic heterocycles. The first-order valence-electron chi connectivity index (χ1n) is 7.67. The van der Waals surface area contributed by atoms with Crippen LogP contribution in [0.1, 0.15) is 31.4 Å². The Bertz CT molecular complexity index is 591. The summed E-state index contributed by atoms with van der Waals surface area (Å²) in [5, 5.41) is 5.22. The summed E-state index contributed by atoms with van der Waals surface area (Å²) in [7, 11) is 0. The molecule has 0 spiro atoms. The molecule has 1 atom stereocenters. The van der Waals surface area contributed by atoms with E-state index in [1.165, 1.54) is 0 Å². The molecular formula is C16H23ClN4O3. The van der Waals surface area contributed by atoms with E-state index in [2.05, 4.69) is 10.6 Å². The molecule has 1 heterocycles. The maximum atomic E-state index is 11.7. The first kappa shape index (κ1) is 19.9. The normalized spacial score (nSPS) is 14.8. The van der Waals surface area contributed by atoms with Crippen molar-refractivity contribution >= 4 is 35.8 Å². The smallest absolute Gasteiger partial charge is 0.239 e. The second-order valence-corrected chi connectivity index (χ2v) is 5.51. The van der Waals surface area contributed by atoms with E-state index < -0.39 is 0 Å². The Labute approximate surface area is 147 Å². The molecule has 4 N–H and O–H groups in total. The highest BCUT2D eigenvalue weighted by Crippen LogP contribution is 2.23. The summed E-state index contributed by atoms with van der Waals surface area (Å²) < 4.78 is 0. The lowest BCUT2D eigenvalue weighted by Crippen LogP contribution is -2.40. The van der Waals surface area contributed by atoms with Crippen LogP contribution in [0.2, 0.25) is 0 Å². The van der Waals surface area contributed by atoms with Crippen molar-refractivity contribution in [2.45, 2.75) is 25.8 Å². The maximum Gasteiger partial charge on any atom is 0.239 e. The predicted molar refractivity (Wildman–Crippen MR) is 93.9 cm³/mol. The van der Waals surface area contributed by atoms with Gasteiger partial charge in [0.1, 0.15) is 0 Å². The molecular weight excluding hydrogens is 332 g/mol. The second-order valence-electron chi connectivity index (χ2n) is 5.51. The number of hydrogen-bond acceptors (Lipinski definition) is 4. The molecule has 0 bridgehead atoms. The van der Waals surface area contributed by atoms with E-state index in [-0.39, 0.29) is 49.3 Å². The highest BCUT2D eigenvalue weighted by Gasteiger charge is 2.21. The van der Waals surface area contributed by atoms with Crippen LogP contribution in [0.15, 0.2) is 24.3 Å². The van der Waals surface area contributed by atoms with E-state index in [1.54, 1.807) is 4.90 Å². The number of hydrogen-bond donors (Lipinski definition) is 3. The minimum atomic E-state index is -0.368. The summed E-state index contributed by atoms with van der Waals surface area (Å²) in [6.07, 6.45) is 1.49. The van der Waals surface area contributed by atoms with Gasteiger partial charge in [0.25, 0.3) is 0 Å². The van der Waals surface area contributed by atoms with Gasteiger partial charge in [-0.05, 0) is 31.0 Å². The molecule has 1 aromatic carbocycles. The molecule has 1 unspecified atom stereocenters. The standard InChI is InChI=1S/C16H22N4O3.ClH/c1-11(19-15(22)10-18-14(21)9-17)12-4-6-13(7-5-12)20-8-2-3-16(20)23;/h4-7,11H,2-3,8-10,17H2,1H3,(H,18,21)(H,19,22);1H. The number of anilines is 1. The third kappa shape index (κ3) is 5.21. The molecule has 1 fully saturated rings. The fraction of sp³-hybridized carbons (Fsp3) is 0.438. The van der Waals surface area contributed by atoms with Gasteiger partial charge in [-0.25, -0.2) is 0 Å². The van der Waals surface area contributed by atoms with Crippen LogP contribution < -0.4 is 21.3 Å². The van der Waals surface area contributed by atoms with Crippen molar-refractivity contribution in [3.8, 4) is 0 Å². The Morgan fingerprint density at radius 2 is 1.92 bits per heavy atom. The van der Waals surface area contributed by atoms with Crippen molar-refractivity contribution in [1.82, 2.24) is 10.6 Å².